The second kappa shape index (κ2) is 7.58. The molecule has 1 aromatic carbocycles. The maximum atomic E-state index is 13.8. The lowest BCUT2D eigenvalue weighted by Gasteiger charge is -2.32. The highest BCUT2D eigenvalue weighted by molar-refractivity contribution is 14.1. The van der Waals surface area contributed by atoms with Crippen LogP contribution in [0, 0.1) is 9.39 Å². The van der Waals surface area contributed by atoms with Crippen molar-refractivity contribution < 1.29 is 28.2 Å². The van der Waals surface area contributed by atoms with E-state index in [1.165, 1.54) is 31.3 Å². The summed E-state index contributed by atoms with van der Waals surface area (Å²) in [7, 11) is 2.40. The van der Waals surface area contributed by atoms with Crippen LogP contribution < -0.4 is 4.90 Å². The van der Waals surface area contributed by atoms with Gasteiger partial charge >= 0.3 is 11.9 Å². The van der Waals surface area contributed by atoms with Gasteiger partial charge in [0.15, 0.2) is 0 Å². The summed E-state index contributed by atoms with van der Waals surface area (Å²) in [4.78, 5) is 25.5. The molecule has 0 spiro atoms. The molecule has 0 atom stereocenters. The van der Waals surface area contributed by atoms with Crippen molar-refractivity contribution in [3.8, 4) is 0 Å². The molecule has 1 aromatic rings. The zero-order valence-electron chi connectivity index (χ0n) is 12.2. The molecular formula is C14H12BrFINO5. The van der Waals surface area contributed by atoms with Crippen LogP contribution in [0.5, 0.6) is 0 Å². The van der Waals surface area contributed by atoms with Gasteiger partial charge in [-0.15, -0.1) is 0 Å². The highest BCUT2D eigenvalue weighted by Gasteiger charge is 2.33. The largest absolute Gasteiger partial charge is 0.466 e. The Hall–Kier alpha value is -1.20. The SMILES string of the molecule is COC(=O)C1=C(C(=O)OC)N(c2cc(F)cc(Br)c2I)COC1. The predicted octanol–water partition coefficient (Wildman–Crippen LogP) is 2.59. The molecule has 0 unspecified atom stereocenters. The molecule has 0 aliphatic carbocycles. The van der Waals surface area contributed by atoms with Crippen LogP contribution in [0.4, 0.5) is 10.1 Å². The molecule has 0 amide bonds. The van der Waals surface area contributed by atoms with E-state index in [0.29, 0.717) is 13.7 Å². The van der Waals surface area contributed by atoms with E-state index in [4.69, 9.17) is 9.47 Å². The van der Waals surface area contributed by atoms with Gasteiger partial charge in [-0.2, -0.15) is 0 Å². The quantitative estimate of drug-likeness (QED) is 0.362. The Bertz CT molecular complexity index is 694. The van der Waals surface area contributed by atoms with Crippen LogP contribution in [0.1, 0.15) is 0 Å². The molecule has 9 heteroatoms. The van der Waals surface area contributed by atoms with Gasteiger partial charge < -0.3 is 19.1 Å². The van der Waals surface area contributed by atoms with Crippen LogP contribution >= 0.6 is 38.5 Å². The van der Waals surface area contributed by atoms with Crippen LogP contribution in [0.2, 0.25) is 0 Å². The highest BCUT2D eigenvalue weighted by atomic mass is 127. The average molecular weight is 500 g/mol. The van der Waals surface area contributed by atoms with Crippen molar-refractivity contribution in [1.82, 2.24) is 0 Å². The van der Waals surface area contributed by atoms with Crippen LogP contribution in [0.3, 0.4) is 0 Å². The summed E-state index contributed by atoms with van der Waals surface area (Å²) in [5.41, 5.74) is 0.363. The minimum Gasteiger partial charge on any atom is -0.466 e. The minimum absolute atomic E-state index is 0.0155. The maximum Gasteiger partial charge on any atom is 0.355 e. The molecule has 0 saturated heterocycles. The third-order valence-electron chi connectivity index (χ3n) is 3.10. The van der Waals surface area contributed by atoms with Crippen LogP contribution in [0.15, 0.2) is 27.9 Å². The number of methoxy groups -OCH3 is 2. The van der Waals surface area contributed by atoms with Crippen molar-refractivity contribution in [1.29, 1.82) is 0 Å². The highest BCUT2D eigenvalue weighted by Crippen LogP contribution is 2.35. The predicted molar refractivity (Wildman–Crippen MR) is 91.2 cm³/mol. The molecule has 0 radical (unpaired) electrons. The van der Waals surface area contributed by atoms with Gasteiger partial charge in [0.1, 0.15) is 18.2 Å². The Labute approximate surface area is 153 Å². The Morgan fingerprint density at radius 2 is 1.96 bits per heavy atom. The molecule has 0 saturated carbocycles. The van der Waals surface area contributed by atoms with Gasteiger partial charge in [0.2, 0.25) is 0 Å². The number of benzene rings is 1. The minimum atomic E-state index is -0.732. The Balaban J connectivity index is 2.65. The molecule has 0 N–H and O–H groups in total. The van der Waals surface area contributed by atoms with E-state index >= 15 is 0 Å². The topological polar surface area (TPSA) is 65.1 Å². The molecule has 124 valence electrons. The average Bonchev–Trinajstić information content (AvgIpc) is 2.55. The van der Waals surface area contributed by atoms with Gasteiger partial charge in [0, 0.05) is 4.47 Å². The summed E-state index contributed by atoms with van der Waals surface area (Å²) in [5, 5.41) is 0. The third-order valence-corrected chi connectivity index (χ3v) is 5.60. The fraction of sp³-hybridized carbons (Fsp3) is 0.286. The second-order valence-corrected chi connectivity index (χ2v) is 6.37. The van der Waals surface area contributed by atoms with Gasteiger partial charge in [0.05, 0.1) is 35.7 Å². The standard InChI is InChI=1S/C14H12BrFINO5/c1-21-13(19)8-5-23-6-18(12(8)14(20)22-2)10-4-7(16)3-9(15)11(10)17/h3-4H,5-6H2,1-2H3. The van der Waals surface area contributed by atoms with E-state index in [0.717, 1.165) is 0 Å². The number of rotatable bonds is 3. The number of hydrogen-bond acceptors (Lipinski definition) is 6. The molecule has 1 aliphatic heterocycles. The second-order valence-electron chi connectivity index (χ2n) is 4.44. The fourth-order valence-electron chi connectivity index (χ4n) is 2.07. The first-order valence-electron chi connectivity index (χ1n) is 6.30. The Morgan fingerprint density at radius 3 is 2.57 bits per heavy atom. The number of anilines is 1. The van der Waals surface area contributed by atoms with Crippen molar-refractivity contribution in [2.45, 2.75) is 0 Å². The summed E-state index contributed by atoms with van der Waals surface area (Å²) >= 11 is 5.26. The van der Waals surface area contributed by atoms with E-state index in [1.54, 1.807) is 0 Å². The molecule has 23 heavy (non-hydrogen) atoms. The lowest BCUT2D eigenvalue weighted by atomic mass is 10.1. The third kappa shape index (κ3) is 3.66. The van der Waals surface area contributed by atoms with E-state index in [9.17, 15) is 14.0 Å². The van der Waals surface area contributed by atoms with E-state index in [2.05, 4.69) is 20.7 Å². The summed E-state index contributed by atoms with van der Waals surface area (Å²) in [6.45, 7) is -0.127. The summed E-state index contributed by atoms with van der Waals surface area (Å²) in [6, 6.07) is 2.55. The van der Waals surface area contributed by atoms with Crippen molar-refractivity contribution in [3.63, 3.8) is 0 Å². The fourth-order valence-corrected chi connectivity index (χ4v) is 3.10. The normalized spacial score (nSPS) is 14.7. The monoisotopic (exact) mass is 499 g/mol. The van der Waals surface area contributed by atoms with E-state index < -0.39 is 17.8 Å². The summed E-state index contributed by atoms with van der Waals surface area (Å²) in [6.07, 6.45) is 0. The van der Waals surface area contributed by atoms with E-state index in [1.807, 2.05) is 22.6 Å². The van der Waals surface area contributed by atoms with Crippen molar-refractivity contribution in [2.24, 2.45) is 0 Å². The Kier molecular flexibility index (Phi) is 5.98. The Morgan fingerprint density at radius 1 is 1.30 bits per heavy atom. The van der Waals surface area contributed by atoms with Crippen molar-refractivity contribution in [2.75, 3.05) is 32.5 Å². The number of nitrogens with zero attached hydrogens (tertiary/aromatic N) is 1. The lowest BCUT2D eigenvalue weighted by Crippen LogP contribution is -2.39. The van der Waals surface area contributed by atoms with Gasteiger partial charge in [0.25, 0.3) is 0 Å². The molecule has 1 heterocycles. The number of carbonyl (C=O) groups excluding carboxylic acids is 2. The van der Waals surface area contributed by atoms with Crippen LogP contribution in [0.25, 0.3) is 0 Å². The zero-order valence-corrected chi connectivity index (χ0v) is 15.9. The molecular weight excluding hydrogens is 488 g/mol. The molecule has 1 aliphatic rings. The van der Waals surface area contributed by atoms with Gasteiger partial charge in [-0.1, -0.05) is 0 Å². The smallest absolute Gasteiger partial charge is 0.355 e. The van der Waals surface area contributed by atoms with Gasteiger partial charge in [-0.05, 0) is 50.7 Å². The number of halogens is 3. The maximum absolute atomic E-state index is 13.8. The van der Waals surface area contributed by atoms with Crippen molar-refractivity contribution in [3.05, 3.63) is 37.3 Å². The number of hydrogen-bond donors (Lipinski definition) is 0. The lowest BCUT2D eigenvalue weighted by molar-refractivity contribution is -0.140. The first-order chi connectivity index (χ1) is 10.9. The molecule has 0 fully saturated rings. The van der Waals surface area contributed by atoms with Crippen LogP contribution in [-0.4, -0.2) is 39.5 Å². The first-order valence-corrected chi connectivity index (χ1v) is 8.17. The summed E-state index contributed by atoms with van der Waals surface area (Å²) in [5.74, 6) is -1.94. The zero-order chi connectivity index (χ0) is 17.1. The molecule has 6 nitrogen and oxygen atoms in total. The number of esters is 2. The molecule has 0 bridgehead atoms. The molecule has 0 aromatic heterocycles. The van der Waals surface area contributed by atoms with Gasteiger partial charge in [-0.3, -0.25) is 0 Å². The number of ether oxygens (including phenoxy) is 3. The van der Waals surface area contributed by atoms with Gasteiger partial charge in [-0.25, -0.2) is 14.0 Å². The number of carbonyl (C=O) groups is 2. The first kappa shape index (κ1) is 18.1. The summed E-state index contributed by atoms with van der Waals surface area (Å²) < 4.78 is 29.7. The van der Waals surface area contributed by atoms with Crippen LogP contribution in [-0.2, 0) is 23.8 Å². The molecule has 2 rings (SSSR count). The van der Waals surface area contributed by atoms with Crippen molar-refractivity contribution >= 4 is 56.1 Å². The van der Waals surface area contributed by atoms with E-state index in [-0.39, 0.29) is 24.6 Å².